The van der Waals surface area contributed by atoms with E-state index in [1.165, 1.54) is 18.7 Å². The van der Waals surface area contributed by atoms with Gasteiger partial charge in [-0.1, -0.05) is 19.1 Å². The molecule has 5 nitrogen and oxygen atoms in total. The van der Waals surface area contributed by atoms with Crippen molar-refractivity contribution in [1.29, 1.82) is 0 Å². The van der Waals surface area contributed by atoms with Crippen LogP contribution in [-0.2, 0) is 13.0 Å². The van der Waals surface area contributed by atoms with Crippen LogP contribution in [0, 0.1) is 0 Å². The second kappa shape index (κ2) is 10.8. The van der Waals surface area contributed by atoms with Crippen LogP contribution in [0.15, 0.2) is 47.5 Å². The number of hydrogen-bond acceptors (Lipinski definition) is 3. The Kier molecular flexibility index (Phi) is 9.11. The van der Waals surface area contributed by atoms with Gasteiger partial charge in [-0.05, 0) is 42.3 Å². The number of hydrogen-bond donors (Lipinski definition) is 2. The maximum Gasteiger partial charge on any atom is 0.387 e. The van der Waals surface area contributed by atoms with Gasteiger partial charge < -0.3 is 20.5 Å². The minimum Gasteiger partial charge on any atom is -0.497 e. The number of nitrogens with zero attached hydrogens (tertiary/aromatic N) is 1. The molecule has 0 spiro atoms. The number of halogens is 3. The molecule has 0 unspecified atom stereocenters. The average Bonchev–Trinajstić information content (AvgIpc) is 2.60. The fraction of sp³-hybridized carbons (Fsp3) is 0.278. The molecule has 0 aliphatic heterocycles. The summed E-state index contributed by atoms with van der Waals surface area (Å²) >= 11 is 0. The van der Waals surface area contributed by atoms with Crippen molar-refractivity contribution in [3.05, 3.63) is 53.6 Å². The minimum atomic E-state index is -2.91. The molecule has 0 saturated carbocycles. The van der Waals surface area contributed by atoms with Crippen molar-refractivity contribution in [2.24, 2.45) is 10.7 Å². The molecule has 0 saturated heterocycles. The quantitative estimate of drug-likeness (QED) is 0.353. The second-order valence-electron chi connectivity index (χ2n) is 5.23. The highest BCUT2D eigenvalue weighted by Gasteiger charge is 2.11. The van der Waals surface area contributed by atoms with E-state index in [9.17, 15) is 8.78 Å². The van der Waals surface area contributed by atoms with Crippen molar-refractivity contribution in [2.75, 3.05) is 12.4 Å². The van der Waals surface area contributed by atoms with E-state index in [4.69, 9.17) is 10.5 Å². The molecular formula is C18H22F2IN3O2. The van der Waals surface area contributed by atoms with E-state index < -0.39 is 6.61 Å². The highest BCUT2D eigenvalue weighted by Crippen LogP contribution is 2.26. The summed E-state index contributed by atoms with van der Waals surface area (Å²) in [6.45, 7) is -0.779. The van der Waals surface area contributed by atoms with Gasteiger partial charge in [-0.3, -0.25) is 0 Å². The second-order valence-corrected chi connectivity index (χ2v) is 5.23. The molecule has 0 radical (unpaired) electrons. The lowest BCUT2D eigenvalue weighted by atomic mass is 10.1. The van der Waals surface area contributed by atoms with Gasteiger partial charge in [-0.25, -0.2) is 4.99 Å². The SMILES string of the molecule is CCc1cccc(NC(N)=NCc2cc(OC)ccc2OC(F)F)c1.I. The summed E-state index contributed by atoms with van der Waals surface area (Å²) in [6, 6.07) is 12.3. The van der Waals surface area contributed by atoms with Gasteiger partial charge >= 0.3 is 6.61 Å². The standard InChI is InChI=1S/C18H21F2N3O2.HI/c1-3-12-5-4-6-14(9-12)23-18(21)22-11-13-10-15(24-2)7-8-16(13)25-17(19)20;/h4-10,17H,3,11H2,1-2H3,(H3,21,22,23);1H. The third kappa shape index (κ3) is 6.66. The van der Waals surface area contributed by atoms with Crippen LogP contribution in [0.4, 0.5) is 14.5 Å². The van der Waals surface area contributed by atoms with Crippen LogP contribution in [0.3, 0.4) is 0 Å². The molecular weight excluding hydrogens is 455 g/mol. The number of alkyl halides is 2. The van der Waals surface area contributed by atoms with Crippen molar-refractivity contribution >= 4 is 35.6 Å². The number of rotatable bonds is 7. The van der Waals surface area contributed by atoms with Crippen molar-refractivity contribution in [1.82, 2.24) is 0 Å². The molecule has 0 bridgehead atoms. The predicted octanol–water partition coefficient (Wildman–Crippen LogP) is 4.40. The van der Waals surface area contributed by atoms with Gasteiger partial charge in [0.25, 0.3) is 0 Å². The zero-order chi connectivity index (χ0) is 18.2. The molecule has 0 amide bonds. The molecule has 0 heterocycles. The molecule has 2 aromatic rings. The molecule has 0 aliphatic carbocycles. The number of benzene rings is 2. The van der Waals surface area contributed by atoms with E-state index in [1.807, 2.05) is 24.3 Å². The van der Waals surface area contributed by atoms with E-state index in [-0.39, 0.29) is 42.2 Å². The molecule has 0 fully saturated rings. The number of nitrogens with two attached hydrogens (primary N) is 1. The predicted molar refractivity (Wildman–Crippen MR) is 110 cm³/mol. The normalized spacial score (nSPS) is 11.0. The summed E-state index contributed by atoms with van der Waals surface area (Å²) in [5.41, 5.74) is 8.32. The summed E-state index contributed by atoms with van der Waals surface area (Å²) < 4.78 is 34.6. The summed E-state index contributed by atoms with van der Waals surface area (Å²) in [5, 5.41) is 2.98. The van der Waals surface area contributed by atoms with E-state index in [0.29, 0.717) is 11.3 Å². The number of methoxy groups -OCH3 is 1. The largest absolute Gasteiger partial charge is 0.497 e. The average molecular weight is 477 g/mol. The Labute approximate surface area is 168 Å². The number of aliphatic imine (C=N–C) groups is 1. The monoisotopic (exact) mass is 477 g/mol. The third-order valence-corrected chi connectivity index (χ3v) is 3.51. The summed E-state index contributed by atoms with van der Waals surface area (Å²) in [6.07, 6.45) is 0.907. The van der Waals surface area contributed by atoms with Gasteiger partial charge in [0.15, 0.2) is 5.96 Å². The minimum absolute atomic E-state index is 0. The van der Waals surface area contributed by atoms with Crippen LogP contribution < -0.4 is 20.5 Å². The number of ether oxygens (including phenoxy) is 2. The Hall–Kier alpha value is -2.10. The van der Waals surface area contributed by atoms with Gasteiger partial charge in [0.2, 0.25) is 0 Å². The summed E-state index contributed by atoms with van der Waals surface area (Å²) in [4.78, 5) is 4.19. The summed E-state index contributed by atoms with van der Waals surface area (Å²) in [7, 11) is 1.49. The van der Waals surface area contributed by atoms with Gasteiger partial charge in [0.1, 0.15) is 11.5 Å². The molecule has 2 aromatic carbocycles. The van der Waals surface area contributed by atoms with Gasteiger partial charge in [0.05, 0.1) is 13.7 Å². The van der Waals surface area contributed by atoms with Crippen LogP contribution >= 0.6 is 24.0 Å². The number of anilines is 1. The maximum absolute atomic E-state index is 12.5. The molecule has 8 heteroatoms. The van der Waals surface area contributed by atoms with E-state index >= 15 is 0 Å². The van der Waals surface area contributed by atoms with Crippen LogP contribution in [-0.4, -0.2) is 19.7 Å². The van der Waals surface area contributed by atoms with Crippen molar-refractivity contribution < 1.29 is 18.3 Å². The molecule has 0 aliphatic rings. The first-order valence-electron chi connectivity index (χ1n) is 7.79. The molecule has 0 atom stereocenters. The van der Waals surface area contributed by atoms with E-state index in [2.05, 4.69) is 22.0 Å². The number of aryl methyl sites for hydroxylation is 1. The molecule has 26 heavy (non-hydrogen) atoms. The first-order valence-corrected chi connectivity index (χ1v) is 7.79. The smallest absolute Gasteiger partial charge is 0.387 e. The van der Waals surface area contributed by atoms with Crippen LogP contribution in [0.2, 0.25) is 0 Å². The van der Waals surface area contributed by atoms with Gasteiger partial charge in [-0.2, -0.15) is 8.78 Å². The molecule has 2 rings (SSSR count). The first-order chi connectivity index (χ1) is 12.0. The molecule has 0 aromatic heterocycles. The Morgan fingerprint density at radius 3 is 2.65 bits per heavy atom. The Morgan fingerprint density at radius 2 is 2.00 bits per heavy atom. The fourth-order valence-electron chi connectivity index (χ4n) is 2.24. The fourth-order valence-corrected chi connectivity index (χ4v) is 2.24. The highest BCUT2D eigenvalue weighted by molar-refractivity contribution is 14.0. The van der Waals surface area contributed by atoms with Crippen LogP contribution in [0.5, 0.6) is 11.5 Å². The Morgan fingerprint density at radius 1 is 1.23 bits per heavy atom. The topological polar surface area (TPSA) is 68.9 Å². The van der Waals surface area contributed by atoms with Gasteiger partial charge in [-0.15, -0.1) is 24.0 Å². The number of nitrogens with one attached hydrogen (secondary N) is 1. The third-order valence-electron chi connectivity index (χ3n) is 3.51. The molecule has 3 N–H and O–H groups in total. The van der Waals surface area contributed by atoms with Crippen molar-refractivity contribution in [2.45, 2.75) is 26.5 Å². The lowest BCUT2D eigenvalue weighted by Gasteiger charge is -2.11. The van der Waals surface area contributed by atoms with Crippen LogP contribution in [0.1, 0.15) is 18.1 Å². The Bertz CT molecular complexity index is 742. The van der Waals surface area contributed by atoms with Gasteiger partial charge in [0, 0.05) is 11.3 Å². The van der Waals surface area contributed by atoms with Crippen LogP contribution in [0.25, 0.3) is 0 Å². The molecule has 142 valence electrons. The Balaban J connectivity index is 0.00000338. The van der Waals surface area contributed by atoms with Crippen molar-refractivity contribution in [3.8, 4) is 11.5 Å². The maximum atomic E-state index is 12.5. The summed E-state index contributed by atoms with van der Waals surface area (Å²) in [5.74, 6) is 0.744. The highest BCUT2D eigenvalue weighted by atomic mass is 127. The lowest BCUT2D eigenvalue weighted by Crippen LogP contribution is -2.22. The lowest BCUT2D eigenvalue weighted by molar-refractivity contribution is -0.0504. The van der Waals surface area contributed by atoms with Crippen molar-refractivity contribution in [3.63, 3.8) is 0 Å². The zero-order valence-corrected chi connectivity index (χ0v) is 16.9. The first kappa shape index (κ1) is 21.9. The van der Waals surface area contributed by atoms with E-state index in [1.54, 1.807) is 12.1 Å². The number of guanidine groups is 1. The van der Waals surface area contributed by atoms with E-state index in [0.717, 1.165) is 12.1 Å². The zero-order valence-electron chi connectivity index (χ0n) is 14.5.